The number of nitrogens with one attached hydrogen (secondary N) is 1. The van der Waals surface area contributed by atoms with Gasteiger partial charge in [-0.3, -0.25) is 4.90 Å². The van der Waals surface area contributed by atoms with Gasteiger partial charge in [-0.25, -0.2) is 0 Å². The minimum Gasteiger partial charge on any atom is -0.312 e. The van der Waals surface area contributed by atoms with Crippen LogP contribution in [0, 0.1) is 5.92 Å². The predicted octanol–water partition coefficient (Wildman–Crippen LogP) is 3.27. The second kappa shape index (κ2) is 7.38. The molecule has 1 rings (SSSR count). The zero-order valence-corrected chi connectivity index (χ0v) is 12.5. The van der Waals surface area contributed by atoms with Crippen molar-refractivity contribution in [3.8, 4) is 0 Å². The Morgan fingerprint density at radius 2 is 1.88 bits per heavy atom. The molecular formula is C15H32N2. The van der Waals surface area contributed by atoms with Gasteiger partial charge in [0.25, 0.3) is 0 Å². The van der Waals surface area contributed by atoms with Crippen LogP contribution in [0.2, 0.25) is 0 Å². The van der Waals surface area contributed by atoms with Gasteiger partial charge < -0.3 is 5.32 Å². The number of nitrogens with zero attached hydrogens (tertiary/aromatic N) is 1. The topological polar surface area (TPSA) is 15.3 Å². The van der Waals surface area contributed by atoms with Crippen molar-refractivity contribution in [1.82, 2.24) is 10.2 Å². The van der Waals surface area contributed by atoms with Crippen molar-refractivity contribution in [3.63, 3.8) is 0 Å². The first kappa shape index (κ1) is 15.0. The average Bonchev–Trinajstić information content (AvgIpc) is 2.30. The molecule has 1 heterocycles. The van der Waals surface area contributed by atoms with Gasteiger partial charge in [-0.05, 0) is 52.0 Å². The van der Waals surface area contributed by atoms with Gasteiger partial charge in [0.15, 0.2) is 0 Å². The van der Waals surface area contributed by atoms with E-state index in [0.717, 1.165) is 18.5 Å². The summed E-state index contributed by atoms with van der Waals surface area (Å²) in [4.78, 5) is 2.69. The lowest BCUT2D eigenvalue weighted by molar-refractivity contribution is 0.0873. The smallest absolute Gasteiger partial charge is 0.0195 e. The van der Waals surface area contributed by atoms with Crippen molar-refractivity contribution in [2.24, 2.45) is 5.92 Å². The molecule has 0 bridgehead atoms. The standard InChI is InChI=1S/C15H32N2/c1-6-15(7-2)16-11-14(5)17-9-8-12(3)10-13(17)4/h12-16H,6-11H2,1-5H3. The first-order valence-corrected chi connectivity index (χ1v) is 7.57. The van der Waals surface area contributed by atoms with Gasteiger partial charge >= 0.3 is 0 Å². The van der Waals surface area contributed by atoms with Crippen LogP contribution in [0.3, 0.4) is 0 Å². The Bertz CT molecular complexity index is 201. The third kappa shape index (κ3) is 4.59. The summed E-state index contributed by atoms with van der Waals surface area (Å²) >= 11 is 0. The number of hydrogen-bond donors (Lipinski definition) is 1. The predicted molar refractivity (Wildman–Crippen MR) is 76.4 cm³/mol. The molecule has 0 aromatic carbocycles. The molecular weight excluding hydrogens is 208 g/mol. The Hall–Kier alpha value is -0.0800. The molecule has 0 saturated carbocycles. The summed E-state index contributed by atoms with van der Waals surface area (Å²) in [7, 11) is 0. The monoisotopic (exact) mass is 240 g/mol. The van der Waals surface area contributed by atoms with Crippen molar-refractivity contribution in [2.75, 3.05) is 13.1 Å². The highest BCUT2D eigenvalue weighted by molar-refractivity contribution is 4.82. The Balaban J connectivity index is 2.34. The van der Waals surface area contributed by atoms with Crippen LogP contribution >= 0.6 is 0 Å². The van der Waals surface area contributed by atoms with Gasteiger partial charge in [-0.15, -0.1) is 0 Å². The lowest BCUT2D eigenvalue weighted by Gasteiger charge is -2.41. The van der Waals surface area contributed by atoms with Crippen LogP contribution in [0.15, 0.2) is 0 Å². The summed E-state index contributed by atoms with van der Waals surface area (Å²) in [5.41, 5.74) is 0. The van der Waals surface area contributed by atoms with Crippen LogP contribution in [0.1, 0.15) is 60.3 Å². The maximum absolute atomic E-state index is 3.71. The summed E-state index contributed by atoms with van der Waals surface area (Å²) in [6.45, 7) is 14.1. The number of rotatable bonds is 6. The Labute approximate surface area is 108 Å². The number of likely N-dealkylation sites (tertiary alicyclic amines) is 1. The van der Waals surface area contributed by atoms with E-state index < -0.39 is 0 Å². The van der Waals surface area contributed by atoms with Crippen LogP contribution in [0.4, 0.5) is 0 Å². The molecule has 1 saturated heterocycles. The highest BCUT2D eigenvalue weighted by Gasteiger charge is 2.26. The van der Waals surface area contributed by atoms with E-state index in [1.165, 1.54) is 32.2 Å². The van der Waals surface area contributed by atoms with E-state index in [1.54, 1.807) is 0 Å². The van der Waals surface area contributed by atoms with Crippen LogP contribution in [-0.4, -0.2) is 36.1 Å². The van der Waals surface area contributed by atoms with E-state index in [9.17, 15) is 0 Å². The van der Waals surface area contributed by atoms with Crippen LogP contribution in [0.25, 0.3) is 0 Å². The summed E-state index contributed by atoms with van der Waals surface area (Å²) in [5, 5.41) is 3.71. The van der Waals surface area contributed by atoms with Gasteiger partial charge in [0.1, 0.15) is 0 Å². The normalized spacial score (nSPS) is 28.6. The van der Waals surface area contributed by atoms with Crippen molar-refractivity contribution >= 4 is 0 Å². The van der Waals surface area contributed by atoms with Crippen molar-refractivity contribution < 1.29 is 0 Å². The van der Waals surface area contributed by atoms with Gasteiger partial charge in [0.2, 0.25) is 0 Å². The van der Waals surface area contributed by atoms with E-state index in [2.05, 4.69) is 44.8 Å². The molecule has 3 unspecified atom stereocenters. The number of piperidine rings is 1. The Morgan fingerprint density at radius 3 is 2.41 bits per heavy atom. The maximum atomic E-state index is 3.71. The quantitative estimate of drug-likeness (QED) is 0.766. The lowest BCUT2D eigenvalue weighted by Crippen LogP contribution is -2.50. The summed E-state index contributed by atoms with van der Waals surface area (Å²) < 4.78 is 0. The average molecular weight is 240 g/mol. The van der Waals surface area contributed by atoms with Gasteiger partial charge in [-0.1, -0.05) is 20.8 Å². The molecule has 1 fully saturated rings. The fourth-order valence-corrected chi connectivity index (χ4v) is 3.11. The zero-order valence-electron chi connectivity index (χ0n) is 12.5. The van der Waals surface area contributed by atoms with E-state index in [-0.39, 0.29) is 0 Å². The Kier molecular flexibility index (Phi) is 6.50. The molecule has 0 aliphatic carbocycles. The van der Waals surface area contributed by atoms with Crippen molar-refractivity contribution in [2.45, 2.75) is 78.4 Å². The van der Waals surface area contributed by atoms with Crippen molar-refractivity contribution in [1.29, 1.82) is 0 Å². The lowest BCUT2D eigenvalue weighted by atomic mass is 9.92. The minimum absolute atomic E-state index is 0.679. The largest absolute Gasteiger partial charge is 0.312 e. The SMILES string of the molecule is CCC(CC)NCC(C)N1CCC(C)CC1C. The fourth-order valence-electron chi connectivity index (χ4n) is 3.11. The molecule has 0 amide bonds. The summed E-state index contributed by atoms with van der Waals surface area (Å²) in [6, 6.07) is 2.15. The highest BCUT2D eigenvalue weighted by atomic mass is 15.2. The molecule has 2 nitrogen and oxygen atoms in total. The highest BCUT2D eigenvalue weighted by Crippen LogP contribution is 2.23. The third-order valence-electron chi connectivity index (χ3n) is 4.44. The fraction of sp³-hybridized carbons (Fsp3) is 1.00. The Morgan fingerprint density at radius 1 is 1.24 bits per heavy atom. The molecule has 1 N–H and O–H groups in total. The van der Waals surface area contributed by atoms with Crippen LogP contribution in [-0.2, 0) is 0 Å². The first-order valence-electron chi connectivity index (χ1n) is 7.57. The molecule has 0 spiro atoms. The van der Waals surface area contributed by atoms with Crippen LogP contribution < -0.4 is 5.32 Å². The molecule has 1 aliphatic rings. The molecule has 3 atom stereocenters. The maximum Gasteiger partial charge on any atom is 0.0195 e. The van der Waals surface area contributed by atoms with Gasteiger partial charge in [0, 0.05) is 24.7 Å². The molecule has 0 aromatic heterocycles. The molecule has 102 valence electrons. The molecule has 0 aromatic rings. The number of hydrogen-bond acceptors (Lipinski definition) is 2. The van der Waals surface area contributed by atoms with Gasteiger partial charge in [-0.2, -0.15) is 0 Å². The first-order chi connectivity index (χ1) is 8.08. The van der Waals surface area contributed by atoms with Crippen molar-refractivity contribution in [3.05, 3.63) is 0 Å². The molecule has 17 heavy (non-hydrogen) atoms. The van der Waals surface area contributed by atoms with E-state index >= 15 is 0 Å². The summed E-state index contributed by atoms with van der Waals surface area (Å²) in [5.74, 6) is 0.917. The second-order valence-electron chi connectivity index (χ2n) is 5.99. The zero-order chi connectivity index (χ0) is 12.8. The minimum atomic E-state index is 0.679. The third-order valence-corrected chi connectivity index (χ3v) is 4.44. The second-order valence-corrected chi connectivity index (χ2v) is 5.99. The van der Waals surface area contributed by atoms with Crippen LogP contribution in [0.5, 0.6) is 0 Å². The van der Waals surface area contributed by atoms with E-state index in [4.69, 9.17) is 0 Å². The van der Waals surface area contributed by atoms with E-state index in [0.29, 0.717) is 12.1 Å². The molecule has 2 heteroatoms. The van der Waals surface area contributed by atoms with E-state index in [1.807, 2.05) is 0 Å². The molecule has 1 aliphatic heterocycles. The van der Waals surface area contributed by atoms with Gasteiger partial charge in [0.05, 0.1) is 0 Å². The summed E-state index contributed by atoms with van der Waals surface area (Å²) in [6.07, 6.45) is 5.24. The molecule has 0 radical (unpaired) electrons.